The number of anilines is 1. The molecule has 0 aliphatic carbocycles. The average molecular weight is 571 g/mol. The van der Waals surface area contributed by atoms with Crippen molar-refractivity contribution in [2.75, 3.05) is 25.0 Å². The number of rotatable bonds is 7. The van der Waals surface area contributed by atoms with Crippen LogP contribution in [0.25, 0.3) is 16.9 Å². The van der Waals surface area contributed by atoms with Crippen molar-refractivity contribution in [2.24, 2.45) is 5.92 Å². The number of aryl methyl sites for hydroxylation is 1. The molecule has 1 aliphatic heterocycles. The Morgan fingerprint density at radius 1 is 1.17 bits per heavy atom. The van der Waals surface area contributed by atoms with Crippen molar-refractivity contribution < 1.29 is 13.5 Å². The highest BCUT2D eigenvalue weighted by Crippen LogP contribution is 2.31. The van der Waals surface area contributed by atoms with E-state index in [1.54, 1.807) is 39.3 Å². The van der Waals surface area contributed by atoms with Gasteiger partial charge in [0.25, 0.3) is 0 Å². The number of hydrogen-bond acceptors (Lipinski definition) is 6. The monoisotopic (exact) mass is 569 g/mol. The normalized spacial score (nSPS) is 16.9. The van der Waals surface area contributed by atoms with E-state index < -0.39 is 10.0 Å². The molecule has 2 N–H and O–H groups in total. The van der Waals surface area contributed by atoms with Crippen LogP contribution in [-0.2, 0) is 16.4 Å². The maximum Gasteiger partial charge on any atom is 0.243 e. The highest BCUT2D eigenvalue weighted by Gasteiger charge is 2.30. The van der Waals surface area contributed by atoms with Crippen molar-refractivity contribution >= 4 is 37.4 Å². The molecule has 1 aliphatic rings. The minimum atomic E-state index is -3.54. The molecule has 1 fully saturated rings. The van der Waals surface area contributed by atoms with E-state index in [4.69, 9.17) is 0 Å². The number of hydrogen-bond donors (Lipinski definition) is 2. The summed E-state index contributed by atoms with van der Waals surface area (Å²) in [6.07, 6.45) is 4.29. The maximum absolute atomic E-state index is 13.3. The van der Waals surface area contributed by atoms with Crippen LogP contribution in [0, 0.1) is 5.92 Å². The maximum atomic E-state index is 13.3. The summed E-state index contributed by atoms with van der Waals surface area (Å²) in [7, 11) is -3.54. The van der Waals surface area contributed by atoms with E-state index in [0.29, 0.717) is 41.4 Å². The SMILES string of the molecule is CCc1ccc(S(=O)(=O)N2CCCC(CNc3cc(-c4ccccc4O)nc4c(Br)cnn34)C2)cc1. The molecule has 3 heterocycles. The smallest absolute Gasteiger partial charge is 0.243 e. The van der Waals surface area contributed by atoms with Crippen LogP contribution < -0.4 is 5.32 Å². The molecule has 36 heavy (non-hydrogen) atoms. The van der Waals surface area contributed by atoms with Crippen LogP contribution in [-0.4, -0.2) is 52.1 Å². The molecule has 0 radical (unpaired) electrons. The quantitative estimate of drug-likeness (QED) is 0.327. The first kappa shape index (κ1) is 24.7. The third-order valence-electron chi connectivity index (χ3n) is 6.63. The number of aromatic nitrogens is 3. The standard InChI is InChI=1S/C26H28BrN5O3S/c1-2-18-9-11-20(12-10-18)36(34,35)31-13-5-6-19(17-31)15-28-25-14-23(21-7-3-4-8-24(21)33)30-26-22(27)16-29-32(25)26/h3-4,7-12,14,16,19,28,33H,2,5-6,13,15,17H2,1H3. The van der Waals surface area contributed by atoms with E-state index in [-0.39, 0.29) is 11.7 Å². The Kier molecular flexibility index (Phi) is 7.00. The van der Waals surface area contributed by atoms with Gasteiger partial charge in [-0.25, -0.2) is 13.4 Å². The van der Waals surface area contributed by atoms with Gasteiger partial charge in [-0.1, -0.05) is 31.2 Å². The van der Waals surface area contributed by atoms with Gasteiger partial charge in [0, 0.05) is 31.3 Å². The van der Waals surface area contributed by atoms with Crippen LogP contribution in [0.4, 0.5) is 5.82 Å². The lowest BCUT2D eigenvalue weighted by Gasteiger charge is -2.32. The first-order valence-corrected chi connectivity index (χ1v) is 14.3. The van der Waals surface area contributed by atoms with Crippen molar-refractivity contribution in [1.82, 2.24) is 18.9 Å². The number of piperidine rings is 1. The van der Waals surface area contributed by atoms with E-state index in [9.17, 15) is 13.5 Å². The molecule has 188 valence electrons. The number of sulfonamides is 1. The van der Waals surface area contributed by atoms with Crippen molar-refractivity contribution in [1.29, 1.82) is 0 Å². The summed E-state index contributed by atoms with van der Waals surface area (Å²) in [6, 6.07) is 16.1. The van der Waals surface area contributed by atoms with Gasteiger partial charge in [-0.15, -0.1) is 0 Å². The summed E-state index contributed by atoms with van der Waals surface area (Å²) in [5.74, 6) is 1.01. The zero-order valence-corrected chi connectivity index (χ0v) is 22.3. The fraction of sp³-hybridized carbons (Fsp3) is 0.308. The van der Waals surface area contributed by atoms with E-state index >= 15 is 0 Å². The number of phenols is 1. The first-order chi connectivity index (χ1) is 17.4. The third-order valence-corrected chi connectivity index (χ3v) is 9.07. The number of benzene rings is 2. The number of halogens is 1. The van der Waals surface area contributed by atoms with Gasteiger partial charge in [0.2, 0.25) is 10.0 Å². The summed E-state index contributed by atoms with van der Waals surface area (Å²) in [6.45, 7) is 3.61. The van der Waals surface area contributed by atoms with Crippen molar-refractivity contribution in [2.45, 2.75) is 31.1 Å². The molecule has 4 aromatic rings. The van der Waals surface area contributed by atoms with Crippen molar-refractivity contribution in [3.63, 3.8) is 0 Å². The number of nitrogens with one attached hydrogen (secondary N) is 1. The largest absolute Gasteiger partial charge is 0.507 e. The lowest BCUT2D eigenvalue weighted by molar-refractivity contribution is 0.275. The highest BCUT2D eigenvalue weighted by molar-refractivity contribution is 9.10. The molecular formula is C26H28BrN5O3S. The highest BCUT2D eigenvalue weighted by atomic mass is 79.9. The number of fused-ring (bicyclic) bond motifs is 1. The van der Waals surface area contributed by atoms with Crippen LogP contribution in [0.2, 0.25) is 0 Å². The first-order valence-electron chi connectivity index (χ1n) is 12.0. The van der Waals surface area contributed by atoms with Gasteiger partial charge in [0.15, 0.2) is 5.65 Å². The second-order valence-corrected chi connectivity index (χ2v) is 11.8. The molecule has 1 unspecified atom stereocenters. The zero-order chi connectivity index (χ0) is 25.3. The van der Waals surface area contributed by atoms with Gasteiger partial charge < -0.3 is 10.4 Å². The molecule has 2 aromatic heterocycles. The Balaban J connectivity index is 1.36. The Bertz CT molecular complexity index is 1490. The Morgan fingerprint density at radius 2 is 1.94 bits per heavy atom. The second-order valence-electron chi connectivity index (χ2n) is 9.02. The molecular weight excluding hydrogens is 542 g/mol. The molecule has 10 heteroatoms. The topological polar surface area (TPSA) is 99.8 Å². The van der Waals surface area contributed by atoms with E-state index in [1.165, 1.54) is 0 Å². The third kappa shape index (κ3) is 4.85. The summed E-state index contributed by atoms with van der Waals surface area (Å²) < 4.78 is 30.6. The number of para-hydroxylation sites is 1. The van der Waals surface area contributed by atoms with Gasteiger partial charge in [0.1, 0.15) is 11.6 Å². The van der Waals surface area contributed by atoms with E-state index in [1.807, 2.05) is 30.3 Å². The predicted octanol–water partition coefficient (Wildman–Crippen LogP) is 4.94. The summed E-state index contributed by atoms with van der Waals surface area (Å²) >= 11 is 3.51. The molecule has 1 atom stereocenters. The van der Waals surface area contributed by atoms with Gasteiger partial charge in [0.05, 0.1) is 21.3 Å². The van der Waals surface area contributed by atoms with Crippen LogP contribution in [0.15, 0.2) is 70.2 Å². The Morgan fingerprint density at radius 3 is 2.69 bits per heavy atom. The van der Waals surface area contributed by atoms with E-state index in [2.05, 4.69) is 38.3 Å². The van der Waals surface area contributed by atoms with Crippen molar-refractivity contribution in [3.8, 4) is 17.0 Å². The van der Waals surface area contributed by atoms with Gasteiger partial charge >= 0.3 is 0 Å². The lowest BCUT2D eigenvalue weighted by atomic mass is 10.00. The fourth-order valence-corrected chi connectivity index (χ4v) is 6.50. The molecule has 1 saturated heterocycles. The number of nitrogens with zero attached hydrogens (tertiary/aromatic N) is 4. The Hall–Kier alpha value is -2.95. The molecule has 2 aromatic carbocycles. The minimum Gasteiger partial charge on any atom is -0.507 e. The van der Waals surface area contributed by atoms with Crippen LogP contribution in [0.1, 0.15) is 25.3 Å². The minimum absolute atomic E-state index is 0.138. The molecule has 0 spiro atoms. The molecule has 8 nitrogen and oxygen atoms in total. The number of phenolic OH excluding ortho intramolecular Hbond substituents is 1. The van der Waals surface area contributed by atoms with E-state index in [0.717, 1.165) is 35.1 Å². The Labute approximate surface area is 219 Å². The second kappa shape index (κ2) is 10.2. The van der Waals surface area contributed by atoms with Gasteiger partial charge in [-0.05, 0) is 70.9 Å². The van der Waals surface area contributed by atoms with Crippen LogP contribution in [0.5, 0.6) is 5.75 Å². The lowest BCUT2D eigenvalue weighted by Crippen LogP contribution is -2.41. The average Bonchev–Trinajstić information content (AvgIpc) is 3.28. The molecule has 0 saturated carbocycles. The van der Waals surface area contributed by atoms with Gasteiger partial charge in [-0.3, -0.25) is 0 Å². The molecule has 0 amide bonds. The van der Waals surface area contributed by atoms with Crippen molar-refractivity contribution in [3.05, 3.63) is 70.8 Å². The van der Waals surface area contributed by atoms with Crippen LogP contribution in [0.3, 0.4) is 0 Å². The summed E-state index contributed by atoms with van der Waals surface area (Å²) in [5, 5.41) is 18.2. The fourth-order valence-electron chi connectivity index (χ4n) is 4.60. The zero-order valence-electron chi connectivity index (χ0n) is 19.9. The van der Waals surface area contributed by atoms with Gasteiger partial charge in [-0.2, -0.15) is 13.9 Å². The summed E-state index contributed by atoms with van der Waals surface area (Å²) in [5.41, 5.74) is 2.99. The molecule has 5 rings (SSSR count). The number of aromatic hydroxyl groups is 1. The predicted molar refractivity (Wildman–Crippen MR) is 144 cm³/mol. The molecule has 0 bridgehead atoms. The summed E-state index contributed by atoms with van der Waals surface area (Å²) in [4.78, 5) is 5.02. The van der Waals surface area contributed by atoms with Crippen LogP contribution >= 0.6 is 15.9 Å².